The Labute approximate surface area is 205 Å². The molecule has 0 unspecified atom stereocenters. The number of nitrogens with one attached hydrogen (secondary N) is 2. The molecule has 1 saturated carbocycles. The summed E-state index contributed by atoms with van der Waals surface area (Å²) in [7, 11) is 0. The molecule has 4 heterocycles. The minimum atomic E-state index is -0.229. The van der Waals surface area contributed by atoms with Crippen LogP contribution in [0.1, 0.15) is 42.4 Å². The molecular formula is C29H32N4O2. The SMILES string of the molecule is Cc1cc(-c2cc(-c3cc4ccc(CN5CC6CCC(CC6)C5)cc4[nH]3)c(=O)[nH]n2)cc(C)c1O. The van der Waals surface area contributed by atoms with Gasteiger partial charge in [0, 0.05) is 36.1 Å². The van der Waals surface area contributed by atoms with E-state index in [9.17, 15) is 9.90 Å². The van der Waals surface area contributed by atoms with Crippen LogP contribution >= 0.6 is 0 Å². The number of hydrogen-bond acceptors (Lipinski definition) is 4. The molecule has 6 nitrogen and oxygen atoms in total. The van der Waals surface area contributed by atoms with Gasteiger partial charge in [-0.1, -0.05) is 12.1 Å². The van der Waals surface area contributed by atoms with E-state index in [-0.39, 0.29) is 11.3 Å². The molecule has 2 aromatic heterocycles. The predicted octanol–water partition coefficient (Wildman–Crippen LogP) is 5.53. The van der Waals surface area contributed by atoms with Gasteiger partial charge in [0.1, 0.15) is 5.75 Å². The molecule has 3 N–H and O–H groups in total. The molecular weight excluding hydrogens is 436 g/mol. The maximum Gasteiger partial charge on any atom is 0.273 e. The average molecular weight is 469 g/mol. The van der Waals surface area contributed by atoms with Crippen molar-refractivity contribution in [1.82, 2.24) is 20.1 Å². The van der Waals surface area contributed by atoms with Crippen molar-refractivity contribution >= 4 is 10.9 Å². The number of phenols is 1. The molecule has 4 aromatic rings. The third-order valence-electron chi connectivity index (χ3n) is 7.97. The first-order chi connectivity index (χ1) is 16.9. The van der Waals surface area contributed by atoms with Crippen molar-refractivity contribution in [3.63, 3.8) is 0 Å². The van der Waals surface area contributed by atoms with Crippen molar-refractivity contribution in [3.8, 4) is 28.3 Å². The lowest BCUT2D eigenvalue weighted by Crippen LogP contribution is -2.27. The molecule has 2 saturated heterocycles. The highest BCUT2D eigenvalue weighted by Gasteiger charge is 2.29. The molecule has 0 radical (unpaired) electrons. The highest BCUT2D eigenvalue weighted by Crippen LogP contribution is 2.35. The zero-order valence-electron chi connectivity index (χ0n) is 20.4. The smallest absolute Gasteiger partial charge is 0.273 e. The third kappa shape index (κ3) is 4.27. The van der Waals surface area contributed by atoms with E-state index in [0.29, 0.717) is 11.3 Å². The van der Waals surface area contributed by atoms with Crippen molar-refractivity contribution < 1.29 is 5.11 Å². The fraction of sp³-hybridized carbons (Fsp3) is 0.379. The first kappa shape index (κ1) is 22.1. The van der Waals surface area contributed by atoms with E-state index < -0.39 is 0 Å². The van der Waals surface area contributed by atoms with Gasteiger partial charge >= 0.3 is 0 Å². The molecule has 2 aliphatic heterocycles. The van der Waals surface area contributed by atoms with Gasteiger partial charge in [-0.05, 0) is 98.4 Å². The summed E-state index contributed by atoms with van der Waals surface area (Å²) < 4.78 is 0. The number of aryl methyl sites for hydroxylation is 2. The highest BCUT2D eigenvalue weighted by molar-refractivity contribution is 5.86. The Morgan fingerprint density at radius 2 is 1.66 bits per heavy atom. The molecule has 2 bridgehead atoms. The van der Waals surface area contributed by atoms with Gasteiger partial charge in [-0.25, -0.2) is 5.10 Å². The number of aromatic hydroxyl groups is 1. The topological polar surface area (TPSA) is 85.0 Å². The van der Waals surface area contributed by atoms with Gasteiger partial charge in [-0.3, -0.25) is 9.69 Å². The van der Waals surface area contributed by atoms with Crippen LogP contribution in [0.15, 0.2) is 47.3 Å². The van der Waals surface area contributed by atoms with Crippen LogP contribution in [0.4, 0.5) is 0 Å². The van der Waals surface area contributed by atoms with Crippen LogP contribution in [0.25, 0.3) is 33.4 Å². The van der Waals surface area contributed by atoms with Gasteiger partial charge in [0.15, 0.2) is 0 Å². The van der Waals surface area contributed by atoms with Gasteiger partial charge in [-0.15, -0.1) is 0 Å². The highest BCUT2D eigenvalue weighted by atomic mass is 16.3. The first-order valence-corrected chi connectivity index (χ1v) is 12.7. The summed E-state index contributed by atoms with van der Waals surface area (Å²) in [5.74, 6) is 2.02. The first-order valence-electron chi connectivity index (χ1n) is 12.7. The van der Waals surface area contributed by atoms with Gasteiger partial charge in [0.05, 0.1) is 17.0 Å². The number of aromatic amines is 2. The fourth-order valence-corrected chi connectivity index (χ4v) is 6.06. The van der Waals surface area contributed by atoms with E-state index in [1.165, 1.54) is 44.3 Å². The molecule has 3 fully saturated rings. The summed E-state index contributed by atoms with van der Waals surface area (Å²) in [6, 6.07) is 14.2. The Morgan fingerprint density at radius 3 is 2.34 bits per heavy atom. The van der Waals surface area contributed by atoms with Gasteiger partial charge < -0.3 is 10.1 Å². The van der Waals surface area contributed by atoms with E-state index in [1.54, 1.807) is 0 Å². The zero-order chi connectivity index (χ0) is 24.1. The van der Waals surface area contributed by atoms with Crippen LogP contribution < -0.4 is 5.56 Å². The van der Waals surface area contributed by atoms with Crippen LogP contribution in [-0.4, -0.2) is 38.3 Å². The molecule has 1 aliphatic carbocycles. The summed E-state index contributed by atoms with van der Waals surface area (Å²) >= 11 is 0. The van der Waals surface area contributed by atoms with Gasteiger partial charge in [0.25, 0.3) is 5.56 Å². The predicted molar refractivity (Wildman–Crippen MR) is 139 cm³/mol. The van der Waals surface area contributed by atoms with Crippen molar-refractivity contribution in [2.24, 2.45) is 11.8 Å². The molecule has 35 heavy (non-hydrogen) atoms. The molecule has 0 atom stereocenters. The lowest BCUT2D eigenvalue weighted by molar-refractivity contribution is 0.244. The largest absolute Gasteiger partial charge is 0.507 e. The number of rotatable bonds is 4. The molecule has 0 amide bonds. The lowest BCUT2D eigenvalue weighted by atomic mass is 9.84. The lowest BCUT2D eigenvalue weighted by Gasteiger charge is -2.22. The monoisotopic (exact) mass is 468 g/mol. The molecule has 180 valence electrons. The van der Waals surface area contributed by atoms with Crippen LogP contribution in [0.3, 0.4) is 0 Å². The summed E-state index contributed by atoms with van der Waals surface area (Å²) in [5.41, 5.74) is 6.56. The zero-order valence-corrected chi connectivity index (χ0v) is 20.4. The number of hydrogen-bond donors (Lipinski definition) is 3. The van der Waals surface area contributed by atoms with E-state index in [4.69, 9.17) is 0 Å². The Balaban J connectivity index is 1.30. The van der Waals surface area contributed by atoms with Crippen molar-refractivity contribution in [1.29, 1.82) is 0 Å². The summed E-state index contributed by atoms with van der Waals surface area (Å²) in [6.07, 6.45) is 5.58. The second-order valence-electron chi connectivity index (χ2n) is 10.6. The van der Waals surface area contributed by atoms with Crippen molar-refractivity contribution in [3.05, 3.63) is 69.5 Å². The average Bonchev–Trinajstić information content (AvgIpc) is 3.05. The van der Waals surface area contributed by atoms with Crippen LogP contribution in [0, 0.1) is 25.7 Å². The maximum absolute atomic E-state index is 12.7. The standard InChI is InChI=1S/C29H32N4O2/c1-17-9-23(10-18(2)28(17)34)26-13-24(29(35)32-31-26)27-12-22-8-7-21(11-25(22)30-27)16-33-14-19-3-4-20(15-33)6-5-19/h7-13,19-20,30,34H,3-6,14-16H2,1-2H3,(H,32,35). The minimum absolute atomic E-state index is 0.229. The summed E-state index contributed by atoms with van der Waals surface area (Å²) in [5, 5.41) is 18.1. The Hall–Kier alpha value is -3.38. The molecule has 3 aliphatic rings. The van der Waals surface area contributed by atoms with E-state index in [2.05, 4.69) is 38.3 Å². The van der Waals surface area contributed by atoms with Crippen LogP contribution in [0.5, 0.6) is 5.75 Å². The second-order valence-corrected chi connectivity index (χ2v) is 10.6. The normalized spacial score (nSPS) is 20.4. The van der Waals surface area contributed by atoms with Crippen molar-refractivity contribution in [2.45, 2.75) is 46.1 Å². The quantitative estimate of drug-likeness (QED) is 0.368. The number of fused-ring (bicyclic) bond motifs is 5. The van der Waals surface area contributed by atoms with Crippen molar-refractivity contribution in [2.75, 3.05) is 13.1 Å². The fourth-order valence-electron chi connectivity index (χ4n) is 6.06. The number of phenolic OH excluding ortho intramolecular Hbond substituents is 1. The van der Waals surface area contributed by atoms with E-state index in [1.807, 2.05) is 38.1 Å². The summed E-state index contributed by atoms with van der Waals surface area (Å²) in [4.78, 5) is 18.8. The van der Waals surface area contributed by atoms with Gasteiger partial charge in [0.2, 0.25) is 0 Å². The van der Waals surface area contributed by atoms with E-state index in [0.717, 1.165) is 51.7 Å². The number of benzene rings is 2. The van der Waals surface area contributed by atoms with Crippen LogP contribution in [0.2, 0.25) is 0 Å². The number of nitrogens with zero attached hydrogens (tertiary/aromatic N) is 2. The van der Waals surface area contributed by atoms with Gasteiger partial charge in [-0.2, -0.15) is 5.10 Å². The molecule has 2 aromatic carbocycles. The Kier molecular flexibility index (Phi) is 5.49. The summed E-state index contributed by atoms with van der Waals surface area (Å²) in [6.45, 7) is 7.15. The molecule has 6 heteroatoms. The van der Waals surface area contributed by atoms with Crippen LogP contribution in [-0.2, 0) is 6.54 Å². The Bertz CT molecular complexity index is 1420. The Morgan fingerprint density at radius 1 is 0.971 bits per heavy atom. The third-order valence-corrected chi connectivity index (χ3v) is 7.97. The number of aromatic nitrogens is 3. The minimum Gasteiger partial charge on any atom is -0.507 e. The maximum atomic E-state index is 12.7. The van der Waals surface area contributed by atoms with E-state index >= 15 is 0 Å². The second kappa shape index (κ2) is 8.68. The molecule has 7 rings (SSSR count). The number of H-pyrrole nitrogens is 2. The molecule has 0 spiro atoms.